The predicted molar refractivity (Wildman–Crippen MR) is 31.1 cm³/mol. The van der Waals surface area contributed by atoms with Crippen molar-refractivity contribution >= 4 is 5.97 Å². The van der Waals surface area contributed by atoms with Crippen LogP contribution in [0.4, 0.5) is 0 Å². The number of carbonyl (C=O) groups is 1. The lowest BCUT2D eigenvalue weighted by Crippen LogP contribution is -2.13. The molecule has 0 amide bonds. The monoisotopic (exact) mass is 139 g/mol. The van der Waals surface area contributed by atoms with Crippen LogP contribution in [0.1, 0.15) is 0 Å². The van der Waals surface area contributed by atoms with Crippen molar-refractivity contribution in [2.75, 3.05) is 6.73 Å². The van der Waals surface area contributed by atoms with Crippen molar-refractivity contribution in [1.29, 1.82) is 0 Å². The zero-order chi connectivity index (χ0) is 6.97. The molecule has 2 heterocycles. The fourth-order valence-corrected chi connectivity index (χ4v) is 0.840. The highest BCUT2D eigenvalue weighted by Gasteiger charge is 2.27. The molecule has 0 N–H and O–H groups in total. The minimum atomic E-state index is -0.329. The molecule has 0 bridgehead atoms. The van der Waals surface area contributed by atoms with Crippen molar-refractivity contribution in [2.24, 2.45) is 0 Å². The molecule has 10 heavy (non-hydrogen) atoms. The van der Waals surface area contributed by atoms with Crippen LogP contribution in [0, 0.1) is 0 Å². The molecule has 0 aromatic heterocycles. The third-order valence-electron chi connectivity index (χ3n) is 1.35. The second-order valence-corrected chi connectivity index (χ2v) is 1.96. The van der Waals surface area contributed by atoms with E-state index in [0.29, 0.717) is 12.4 Å². The van der Waals surface area contributed by atoms with E-state index in [1.165, 1.54) is 12.5 Å². The Hall–Kier alpha value is -1.45. The first-order chi connectivity index (χ1) is 4.88. The molecule has 0 saturated carbocycles. The van der Waals surface area contributed by atoms with Crippen molar-refractivity contribution in [2.45, 2.75) is 0 Å². The van der Waals surface area contributed by atoms with Crippen molar-refractivity contribution < 1.29 is 14.3 Å². The van der Waals surface area contributed by atoms with E-state index in [4.69, 9.17) is 4.74 Å². The van der Waals surface area contributed by atoms with Gasteiger partial charge in [-0.1, -0.05) is 0 Å². The van der Waals surface area contributed by atoms with Crippen LogP contribution in [0.15, 0.2) is 24.4 Å². The van der Waals surface area contributed by atoms with Crippen molar-refractivity contribution in [3.63, 3.8) is 0 Å². The van der Waals surface area contributed by atoms with Crippen LogP contribution in [-0.4, -0.2) is 17.6 Å². The highest BCUT2D eigenvalue weighted by Crippen LogP contribution is 2.18. The van der Waals surface area contributed by atoms with Gasteiger partial charge in [0.05, 0.1) is 0 Å². The molecule has 2 aliphatic rings. The lowest BCUT2D eigenvalue weighted by molar-refractivity contribution is -0.135. The standard InChI is InChI=1S/C6H5NO3/c8-6-5-3-9-2-1-7(5)4-10-6/h1-3H,4H2. The normalized spacial score (nSPS) is 21.4. The molecule has 2 rings (SSSR count). The minimum absolute atomic E-state index is 0.296. The van der Waals surface area contributed by atoms with E-state index in [-0.39, 0.29) is 5.97 Å². The Labute approximate surface area is 57.3 Å². The van der Waals surface area contributed by atoms with E-state index in [0.717, 1.165) is 0 Å². The molecule has 0 radical (unpaired) electrons. The van der Waals surface area contributed by atoms with Crippen LogP contribution in [0.25, 0.3) is 0 Å². The van der Waals surface area contributed by atoms with Gasteiger partial charge in [-0.3, -0.25) is 0 Å². The Kier molecular flexibility index (Phi) is 0.943. The van der Waals surface area contributed by atoms with Gasteiger partial charge >= 0.3 is 5.97 Å². The average molecular weight is 139 g/mol. The summed E-state index contributed by atoms with van der Waals surface area (Å²) in [5, 5.41) is 0. The molecule has 1 fully saturated rings. The van der Waals surface area contributed by atoms with E-state index in [9.17, 15) is 4.79 Å². The maximum absolute atomic E-state index is 10.8. The van der Waals surface area contributed by atoms with Crippen LogP contribution in [0.3, 0.4) is 0 Å². The van der Waals surface area contributed by atoms with Gasteiger partial charge in [-0.05, 0) is 0 Å². The van der Waals surface area contributed by atoms with E-state index < -0.39 is 0 Å². The SMILES string of the molecule is O=C1OCN2C=COC=C12. The summed E-state index contributed by atoms with van der Waals surface area (Å²) in [5.41, 5.74) is 0.461. The van der Waals surface area contributed by atoms with Gasteiger partial charge in [0.1, 0.15) is 12.5 Å². The largest absolute Gasteiger partial charge is 0.469 e. The minimum Gasteiger partial charge on any atom is -0.469 e. The molecule has 0 atom stereocenters. The third-order valence-corrected chi connectivity index (χ3v) is 1.35. The van der Waals surface area contributed by atoms with Gasteiger partial charge in [0.2, 0.25) is 0 Å². The topological polar surface area (TPSA) is 38.8 Å². The number of ether oxygens (including phenoxy) is 2. The van der Waals surface area contributed by atoms with Crippen LogP contribution < -0.4 is 0 Å². The Morgan fingerprint density at radius 3 is 3.30 bits per heavy atom. The maximum Gasteiger partial charge on any atom is 0.360 e. The van der Waals surface area contributed by atoms with Crippen molar-refractivity contribution in [1.82, 2.24) is 4.90 Å². The molecule has 52 valence electrons. The van der Waals surface area contributed by atoms with Crippen LogP contribution in [-0.2, 0) is 14.3 Å². The zero-order valence-corrected chi connectivity index (χ0v) is 5.11. The van der Waals surface area contributed by atoms with Crippen molar-refractivity contribution in [3.8, 4) is 0 Å². The van der Waals surface area contributed by atoms with Crippen LogP contribution in [0.5, 0.6) is 0 Å². The summed E-state index contributed by atoms with van der Waals surface area (Å²) in [7, 11) is 0. The van der Waals surface area contributed by atoms with Crippen LogP contribution >= 0.6 is 0 Å². The fraction of sp³-hybridized carbons (Fsp3) is 0.167. The summed E-state index contributed by atoms with van der Waals surface area (Å²) >= 11 is 0. The third kappa shape index (κ3) is 0.586. The molecule has 0 aromatic rings. The molecular weight excluding hydrogens is 134 g/mol. The smallest absolute Gasteiger partial charge is 0.360 e. The molecule has 0 aromatic carbocycles. The number of hydrogen-bond acceptors (Lipinski definition) is 4. The maximum atomic E-state index is 10.8. The second kappa shape index (κ2) is 1.76. The number of nitrogens with zero attached hydrogens (tertiary/aromatic N) is 1. The van der Waals surface area contributed by atoms with Gasteiger partial charge in [0.25, 0.3) is 0 Å². The Bertz CT molecular complexity index is 231. The fourth-order valence-electron chi connectivity index (χ4n) is 0.840. The molecule has 1 saturated heterocycles. The molecule has 0 aliphatic carbocycles. The number of carbonyl (C=O) groups excluding carboxylic acids is 1. The number of hydrogen-bond donors (Lipinski definition) is 0. The van der Waals surface area contributed by atoms with Crippen molar-refractivity contribution in [3.05, 3.63) is 24.4 Å². The number of esters is 1. The van der Waals surface area contributed by atoms with E-state index in [2.05, 4.69) is 4.74 Å². The summed E-state index contributed by atoms with van der Waals surface area (Å²) in [6, 6.07) is 0. The molecule has 2 aliphatic heterocycles. The zero-order valence-electron chi connectivity index (χ0n) is 5.11. The number of fused-ring (bicyclic) bond motifs is 1. The second-order valence-electron chi connectivity index (χ2n) is 1.96. The first-order valence-electron chi connectivity index (χ1n) is 2.84. The van der Waals surface area contributed by atoms with E-state index in [1.807, 2.05) is 0 Å². The summed E-state index contributed by atoms with van der Waals surface area (Å²) < 4.78 is 9.46. The molecule has 4 nitrogen and oxygen atoms in total. The van der Waals surface area contributed by atoms with Crippen LogP contribution in [0.2, 0.25) is 0 Å². The van der Waals surface area contributed by atoms with Gasteiger partial charge in [0, 0.05) is 6.20 Å². The highest BCUT2D eigenvalue weighted by molar-refractivity contribution is 5.89. The molecule has 0 spiro atoms. The Morgan fingerprint density at radius 1 is 1.60 bits per heavy atom. The molecule has 4 heteroatoms. The van der Waals surface area contributed by atoms with Gasteiger partial charge in [-0.25, -0.2) is 4.79 Å². The average Bonchev–Trinajstić information content (AvgIpc) is 2.34. The lowest BCUT2D eigenvalue weighted by Gasteiger charge is -2.11. The summed E-state index contributed by atoms with van der Waals surface area (Å²) in [6.45, 7) is 0.296. The molecule has 0 unspecified atom stereocenters. The Balaban J connectivity index is 2.32. The molecular formula is C6H5NO3. The number of rotatable bonds is 0. The van der Waals surface area contributed by atoms with E-state index >= 15 is 0 Å². The predicted octanol–water partition coefficient (Wildman–Crippen LogP) is 0.145. The first-order valence-corrected chi connectivity index (χ1v) is 2.84. The quantitative estimate of drug-likeness (QED) is 0.447. The van der Waals surface area contributed by atoms with Gasteiger partial charge in [0.15, 0.2) is 12.4 Å². The van der Waals surface area contributed by atoms with E-state index in [1.54, 1.807) is 11.1 Å². The highest BCUT2D eigenvalue weighted by atomic mass is 16.6. The lowest BCUT2D eigenvalue weighted by atomic mass is 10.4. The summed E-state index contributed by atoms with van der Waals surface area (Å²) in [6.07, 6.45) is 4.51. The van der Waals surface area contributed by atoms with Gasteiger partial charge in [-0.2, -0.15) is 0 Å². The summed E-state index contributed by atoms with van der Waals surface area (Å²) in [5.74, 6) is -0.329. The van der Waals surface area contributed by atoms with Gasteiger partial charge < -0.3 is 14.4 Å². The van der Waals surface area contributed by atoms with Gasteiger partial charge in [-0.15, -0.1) is 0 Å². The summed E-state index contributed by atoms with van der Waals surface area (Å²) in [4.78, 5) is 12.4. The Morgan fingerprint density at radius 2 is 2.50 bits per heavy atom. The number of cyclic esters (lactones) is 1. The first kappa shape index (κ1) is 5.34.